The van der Waals surface area contributed by atoms with Crippen molar-refractivity contribution >= 4 is 53.9 Å². The van der Waals surface area contributed by atoms with Gasteiger partial charge in [-0.05, 0) is 51.7 Å². The lowest BCUT2D eigenvalue weighted by Gasteiger charge is -2.35. The number of carbonyl (C=O) groups excluding carboxylic acids is 1. The maximum atomic E-state index is 12.4. The Bertz CT molecular complexity index is 676. The number of carbonyl (C=O) groups is 1. The van der Waals surface area contributed by atoms with E-state index in [9.17, 15) is 4.79 Å². The van der Waals surface area contributed by atoms with E-state index in [0.717, 1.165) is 30.4 Å². The number of ether oxygens (including phenoxy) is 1. The number of rotatable bonds is 1. The summed E-state index contributed by atoms with van der Waals surface area (Å²) in [5.74, 6) is 0.366. The molecule has 0 radical (unpaired) electrons. The monoisotopic (exact) mass is 408 g/mol. The molecule has 6 nitrogen and oxygen atoms in total. The number of halogens is 3. The Balaban J connectivity index is 0.00000156. The van der Waals surface area contributed by atoms with Crippen molar-refractivity contribution in [3.8, 4) is 0 Å². The molecule has 1 aromatic rings. The first-order valence-electron chi connectivity index (χ1n) is 7.75. The van der Waals surface area contributed by atoms with Crippen LogP contribution in [-0.4, -0.2) is 38.9 Å². The molecule has 140 valence electrons. The molecule has 2 bridgehead atoms. The summed E-state index contributed by atoms with van der Waals surface area (Å²) in [6.45, 7) is 5.63. The Morgan fingerprint density at radius 3 is 2.60 bits per heavy atom. The van der Waals surface area contributed by atoms with Crippen LogP contribution < -0.4 is 5.73 Å². The van der Waals surface area contributed by atoms with Gasteiger partial charge in [0.05, 0.1) is 6.04 Å². The topological polar surface area (TPSA) is 81.3 Å². The maximum absolute atomic E-state index is 12.4. The number of amides is 1. The normalized spacial score (nSPS) is 21.8. The lowest BCUT2D eigenvalue weighted by atomic mass is 9.95. The van der Waals surface area contributed by atoms with Gasteiger partial charge in [-0.2, -0.15) is 0 Å². The second kappa shape index (κ2) is 7.98. The summed E-state index contributed by atoms with van der Waals surface area (Å²) in [6, 6.07) is 1.89. The average Bonchev–Trinajstić information content (AvgIpc) is 2.71. The highest BCUT2D eigenvalue weighted by Crippen LogP contribution is 2.40. The zero-order valence-electron chi connectivity index (χ0n) is 14.4. The van der Waals surface area contributed by atoms with Gasteiger partial charge >= 0.3 is 6.09 Å². The molecule has 2 aliphatic heterocycles. The number of fused-ring (bicyclic) bond motifs is 2. The minimum absolute atomic E-state index is 0. The zero-order valence-corrected chi connectivity index (χ0v) is 16.7. The maximum Gasteiger partial charge on any atom is 0.411 e. The van der Waals surface area contributed by atoms with Gasteiger partial charge in [0.15, 0.2) is 11.0 Å². The fourth-order valence-corrected chi connectivity index (χ4v) is 3.41. The molecule has 1 aromatic heterocycles. The molecule has 0 aromatic carbocycles. The van der Waals surface area contributed by atoms with E-state index in [0.29, 0.717) is 11.0 Å². The molecule has 25 heavy (non-hydrogen) atoms. The predicted octanol–water partition coefficient (Wildman–Crippen LogP) is 4.11. The summed E-state index contributed by atoms with van der Waals surface area (Å²) >= 11 is 5.94. The summed E-state index contributed by atoms with van der Waals surface area (Å²) in [4.78, 5) is 14.3. The molecule has 0 spiro atoms. The van der Waals surface area contributed by atoms with Crippen LogP contribution in [0.15, 0.2) is 12.1 Å². The number of anilines is 1. The predicted molar refractivity (Wildman–Crippen MR) is 103 cm³/mol. The standard InChI is InChI=1S/C16H21ClN4O2.2ClH/c1-16(2,3)23-15(22)21-10-4-5-11(21)7-9(6-10)12-8-13(17)19-20-14(12)18;;/h6,8,10-11H,4-5,7H2,1-3H3,(H2,18,20);2*1H. The quantitative estimate of drug-likeness (QED) is 0.755. The third-order valence-corrected chi connectivity index (χ3v) is 4.32. The Morgan fingerprint density at radius 1 is 1.32 bits per heavy atom. The van der Waals surface area contributed by atoms with E-state index in [1.54, 1.807) is 6.07 Å². The molecule has 0 aliphatic carbocycles. The second-order valence-electron chi connectivity index (χ2n) is 7.05. The fraction of sp³-hybridized carbons (Fsp3) is 0.562. The van der Waals surface area contributed by atoms with Gasteiger partial charge < -0.3 is 10.5 Å². The second-order valence-corrected chi connectivity index (χ2v) is 7.44. The van der Waals surface area contributed by atoms with E-state index in [4.69, 9.17) is 22.1 Å². The van der Waals surface area contributed by atoms with Gasteiger partial charge in [-0.25, -0.2) is 4.79 Å². The largest absolute Gasteiger partial charge is 0.444 e. The van der Waals surface area contributed by atoms with Crippen molar-refractivity contribution in [1.82, 2.24) is 15.1 Å². The SMILES string of the molecule is CC(C)(C)OC(=O)N1C2C=C(c3cc(Cl)nnc3N)CC1CC2.Cl.Cl. The van der Waals surface area contributed by atoms with Crippen LogP contribution in [0.5, 0.6) is 0 Å². The number of nitrogens with two attached hydrogens (primary N) is 1. The molecular formula is C16H23Cl3N4O2. The molecule has 1 amide bonds. The van der Waals surface area contributed by atoms with Crippen molar-refractivity contribution in [1.29, 1.82) is 0 Å². The van der Waals surface area contributed by atoms with Crippen molar-refractivity contribution in [2.24, 2.45) is 0 Å². The molecule has 2 N–H and O–H groups in total. The summed E-state index contributed by atoms with van der Waals surface area (Å²) in [5, 5.41) is 7.94. The van der Waals surface area contributed by atoms with Gasteiger partial charge in [-0.3, -0.25) is 4.90 Å². The molecule has 2 atom stereocenters. The zero-order chi connectivity index (χ0) is 16.8. The van der Waals surface area contributed by atoms with Crippen LogP contribution in [0.25, 0.3) is 5.57 Å². The first-order chi connectivity index (χ1) is 10.7. The van der Waals surface area contributed by atoms with Crippen LogP contribution in [0.4, 0.5) is 10.6 Å². The molecule has 9 heteroatoms. The van der Waals surface area contributed by atoms with E-state index in [1.807, 2.05) is 25.7 Å². The lowest BCUT2D eigenvalue weighted by Crippen LogP contribution is -2.45. The van der Waals surface area contributed by atoms with Crippen LogP contribution in [0.1, 0.15) is 45.6 Å². The van der Waals surface area contributed by atoms with E-state index >= 15 is 0 Å². The van der Waals surface area contributed by atoms with Crippen molar-refractivity contribution in [2.75, 3.05) is 5.73 Å². The molecule has 0 saturated carbocycles. The highest BCUT2D eigenvalue weighted by molar-refractivity contribution is 6.29. The number of aromatic nitrogens is 2. The lowest BCUT2D eigenvalue weighted by molar-refractivity contribution is 0.0175. The Morgan fingerprint density at radius 2 is 2.00 bits per heavy atom. The molecule has 2 aliphatic rings. The minimum Gasteiger partial charge on any atom is -0.444 e. The van der Waals surface area contributed by atoms with E-state index < -0.39 is 5.60 Å². The van der Waals surface area contributed by atoms with Crippen LogP contribution in [0, 0.1) is 0 Å². The summed E-state index contributed by atoms with van der Waals surface area (Å²) in [7, 11) is 0. The average molecular weight is 410 g/mol. The highest BCUT2D eigenvalue weighted by Gasteiger charge is 2.41. The van der Waals surface area contributed by atoms with Gasteiger partial charge in [0.25, 0.3) is 0 Å². The van der Waals surface area contributed by atoms with Gasteiger partial charge in [0.1, 0.15) is 5.60 Å². The summed E-state index contributed by atoms with van der Waals surface area (Å²) in [6.07, 6.45) is 4.44. The third-order valence-electron chi connectivity index (χ3n) is 4.14. The van der Waals surface area contributed by atoms with Crippen LogP contribution in [-0.2, 0) is 4.74 Å². The van der Waals surface area contributed by atoms with Gasteiger partial charge in [-0.15, -0.1) is 35.0 Å². The number of hydrogen-bond acceptors (Lipinski definition) is 5. The Labute approximate surface area is 165 Å². The minimum atomic E-state index is -0.493. The molecular weight excluding hydrogens is 387 g/mol. The van der Waals surface area contributed by atoms with E-state index in [2.05, 4.69) is 16.3 Å². The first-order valence-corrected chi connectivity index (χ1v) is 8.13. The Hall–Kier alpha value is -1.24. The number of nitrogens with zero attached hydrogens (tertiary/aromatic N) is 3. The smallest absolute Gasteiger partial charge is 0.411 e. The number of nitrogen functional groups attached to an aromatic ring is 1. The molecule has 3 heterocycles. The van der Waals surface area contributed by atoms with Gasteiger partial charge in [0.2, 0.25) is 0 Å². The molecule has 1 saturated heterocycles. The molecule has 1 fully saturated rings. The fourth-order valence-electron chi connectivity index (χ4n) is 3.26. The summed E-state index contributed by atoms with van der Waals surface area (Å²) in [5.41, 5.74) is 7.32. The molecule has 2 unspecified atom stereocenters. The van der Waals surface area contributed by atoms with Crippen molar-refractivity contribution in [2.45, 2.75) is 57.7 Å². The van der Waals surface area contributed by atoms with Crippen LogP contribution >= 0.6 is 36.4 Å². The van der Waals surface area contributed by atoms with Gasteiger partial charge in [-0.1, -0.05) is 17.7 Å². The van der Waals surface area contributed by atoms with Crippen molar-refractivity contribution in [3.05, 3.63) is 22.9 Å². The first kappa shape index (κ1) is 21.8. The highest BCUT2D eigenvalue weighted by atomic mass is 35.5. The third kappa shape index (κ3) is 4.68. The molecule has 3 rings (SSSR count). The van der Waals surface area contributed by atoms with Crippen molar-refractivity contribution < 1.29 is 9.53 Å². The summed E-state index contributed by atoms with van der Waals surface area (Å²) < 4.78 is 5.53. The van der Waals surface area contributed by atoms with Crippen LogP contribution in [0.3, 0.4) is 0 Å². The van der Waals surface area contributed by atoms with Crippen molar-refractivity contribution in [3.63, 3.8) is 0 Å². The van der Waals surface area contributed by atoms with E-state index in [1.165, 1.54) is 0 Å². The Kier molecular flexibility index (Phi) is 6.95. The number of hydrogen-bond donors (Lipinski definition) is 1. The van der Waals surface area contributed by atoms with Gasteiger partial charge in [0, 0.05) is 11.6 Å². The van der Waals surface area contributed by atoms with E-state index in [-0.39, 0.29) is 43.0 Å². The van der Waals surface area contributed by atoms with Crippen LogP contribution in [0.2, 0.25) is 5.15 Å².